The number of aryl methyl sites for hydroxylation is 2. The van der Waals surface area contributed by atoms with Crippen molar-refractivity contribution in [2.45, 2.75) is 66.0 Å². The van der Waals surface area contributed by atoms with Crippen LogP contribution in [0.3, 0.4) is 0 Å². The highest BCUT2D eigenvalue weighted by Crippen LogP contribution is 2.22. The van der Waals surface area contributed by atoms with Gasteiger partial charge in [0.05, 0.1) is 11.9 Å². The van der Waals surface area contributed by atoms with E-state index in [9.17, 15) is 18.0 Å². The molecular weight excluding hydrogens is 542 g/mol. The van der Waals surface area contributed by atoms with Crippen LogP contribution in [0.25, 0.3) is 0 Å². The van der Waals surface area contributed by atoms with E-state index in [1.54, 1.807) is 17.9 Å². The summed E-state index contributed by atoms with van der Waals surface area (Å²) in [6, 6.07) is 12.5. The van der Waals surface area contributed by atoms with Crippen molar-refractivity contribution in [3.8, 4) is 0 Å². The van der Waals surface area contributed by atoms with Gasteiger partial charge in [0, 0.05) is 30.5 Å². The summed E-state index contributed by atoms with van der Waals surface area (Å²) in [5.74, 6) is -0.388. The summed E-state index contributed by atoms with van der Waals surface area (Å²) < 4.78 is 27.2. The molecule has 0 heterocycles. The van der Waals surface area contributed by atoms with Gasteiger partial charge in [-0.15, -0.1) is 0 Å². The fourth-order valence-electron chi connectivity index (χ4n) is 3.84. The van der Waals surface area contributed by atoms with E-state index in [1.165, 1.54) is 10.6 Å². The summed E-state index contributed by atoms with van der Waals surface area (Å²) in [6.07, 6.45) is 3.46. The van der Waals surface area contributed by atoms with Crippen molar-refractivity contribution in [1.29, 1.82) is 0 Å². The summed E-state index contributed by atoms with van der Waals surface area (Å²) in [5.41, 5.74) is 3.57. The topological polar surface area (TPSA) is 86.8 Å². The van der Waals surface area contributed by atoms with Gasteiger partial charge in [-0.3, -0.25) is 13.9 Å². The van der Waals surface area contributed by atoms with Crippen molar-refractivity contribution >= 4 is 43.5 Å². The van der Waals surface area contributed by atoms with Crippen molar-refractivity contribution in [3.05, 3.63) is 63.6 Å². The van der Waals surface area contributed by atoms with Crippen LogP contribution in [0.1, 0.15) is 56.2 Å². The monoisotopic (exact) mass is 579 g/mol. The minimum absolute atomic E-state index is 0.122. The van der Waals surface area contributed by atoms with Gasteiger partial charge in [0.2, 0.25) is 21.8 Å². The van der Waals surface area contributed by atoms with Gasteiger partial charge in [-0.2, -0.15) is 0 Å². The molecule has 0 saturated carbocycles. The number of sulfonamides is 1. The zero-order chi connectivity index (χ0) is 26.9. The molecule has 0 saturated heterocycles. The summed E-state index contributed by atoms with van der Waals surface area (Å²) in [6.45, 7) is 8.73. The van der Waals surface area contributed by atoms with Crippen LogP contribution in [0.2, 0.25) is 0 Å². The third kappa shape index (κ3) is 8.92. The van der Waals surface area contributed by atoms with Crippen LogP contribution in [-0.2, 0) is 26.2 Å². The smallest absolute Gasteiger partial charge is 0.242 e. The standard InChI is InChI=1S/C27H38BrN3O4S/c1-6-7-15-29-27(33)22(4)30(19-23-10-8-11-24(28)18-23)26(32)12-9-16-31(36(5,34)35)25-14-13-20(2)21(3)17-25/h8,10-11,13-14,17-18,22H,6-7,9,12,15-16,19H2,1-5H3,(H,29,33)/t22-/m0/s1. The van der Waals surface area contributed by atoms with E-state index in [4.69, 9.17) is 0 Å². The normalized spacial score (nSPS) is 12.2. The maximum Gasteiger partial charge on any atom is 0.242 e. The van der Waals surface area contributed by atoms with Crippen LogP contribution in [0.15, 0.2) is 46.9 Å². The predicted octanol–water partition coefficient (Wildman–Crippen LogP) is 4.95. The lowest BCUT2D eigenvalue weighted by Crippen LogP contribution is -2.48. The molecule has 36 heavy (non-hydrogen) atoms. The molecule has 2 aromatic carbocycles. The van der Waals surface area contributed by atoms with Gasteiger partial charge >= 0.3 is 0 Å². The Morgan fingerprint density at radius 3 is 2.39 bits per heavy atom. The second kappa shape index (κ2) is 13.8. The lowest BCUT2D eigenvalue weighted by atomic mass is 10.1. The Morgan fingerprint density at radius 2 is 1.78 bits per heavy atom. The van der Waals surface area contributed by atoms with Crippen molar-refractivity contribution in [3.63, 3.8) is 0 Å². The molecule has 9 heteroatoms. The Bertz CT molecular complexity index is 1150. The lowest BCUT2D eigenvalue weighted by Gasteiger charge is -2.29. The Labute approximate surface area is 224 Å². The second-order valence-corrected chi connectivity index (χ2v) is 12.0. The number of carbonyl (C=O) groups excluding carboxylic acids is 2. The molecule has 1 N–H and O–H groups in total. The minimum atomic E-state index is -3.52. The first-order chi connectivity index (χ1) is 16.9. The zero-order valence-corrected chi connectivity index (χ0v) is 24.3. The van der Waals surface area contributed by atoms with Gasteiger partial charge in [0.1, 0.15) is 6.04 Å². The van der Waals surface area contributed by atoms with Crippen LogP contribution in [-0.4, -0.2) is 50.5 Å². The molecule has 2 aromatic rings. The van der Waals surface area contributed by atoms with E-state index in [0.717, 1.165) is 34.0 Å². The molecule has 1 atom stereocenters. The zero-order valence-electron chi connectivity index (χ0n) is 21.9. The minimum Gasteiger partial charge on any atom is -0.354 e. The summed E-state index contributed by atoms with van der Waals surface area (Å²) in [4.78, 5) is 27.7. The number of unbranched alkanes of at least 4 members (excludes halogenated alkanes) is 1. The van der Waals surface area contributed by atoms with Gasteiger partial charge in [-0.1, -0.05) is 47.5 Å². The molecule has 2 amide bonds. The number of hydrogen-bond acceptors (Lipinski definition) is 4. The highest BCUT2D eigenvalue weighted by atomic mass is 79.9. The molecule has 0 radical (unpaired) electrons. The predicted molar refractivity (Wildman–Crippen MR) is 149 cm³/mol. The summed E-state index contributed by atoms with van der Waals surface area (Å²) >= 11 is 3.46. The van der Waals surface area contributed by atoms with Gasteiger partial charge in [0.25, 0.3) is 0 Å². The molecule has 0 aliphatic carbocycles. The molecular formula is C27H38BrN3O4S. The van der Waals surface area contributed by atoms with E-state index in [0.29, 0.717) is 18.7 Å². The van der Waals surface area contributed by atoms with E-state index < -0.39 is 16.1 Å². The molecule has 0 unspecified atom stereocenters. The van der Waals surface area contributed by atoms with Crippen molar-refractivity contribution < 1.29 is 18.0 Å². The average Bonchev–Trinajstić information content (AvgIpc) is 2.81. The number of nitrogens with zero attached hydrogens (tertiary/aromatic N) is 2. The maximum absolute atomic E-state index is 13.3. The van der Waals surface area contributed by atoms with Gasteiger partial charge in [0.15, 0.2) is 0 Å². The fraction of sp³-hybridized carbons (Fsp3) is 0.481. The molecule has 0 aliphatic rings. The molecule has 0 spiro atoms. The molecule has 0 aromatic heterocycles. The van der Waals surface area contributed by atoms with E-state index in [-0.39, 0.29) is 31.3 Å². The van der Waals surface area contributed by atoms with Crippen LogP contribution in [0, 0.1) is 13.8 Å². The first kappa shape index (κ1) is 29.8. The van der Waals surface area contributed by atoms with Crippen LogP contribution in [0.5, 0.6) is 0 Å². The molecule has 0 aliphatic heterocycles. The van der Waals surface area contributed by atoms with Crippen molar-refractivity contribution in [1.82, 2.24) is 10.2 Å². The van der Waals surface area contributed by atoms with E-state index in [1.807, 2.05) is 50.2 Å². The SMILES string of the molecule is CCCCNC(=O)[C@H](C)N(Cc1cccc(Br)c1)C(=O)CCCN(c1ccc(C)c(C)c1)S(C)(=O)=O. The first-order valence-corrected chi connectivity index (χ1v) is 14.9. The Hall–Kier alpha value is -2.39. The van der Waals surface area contributed by atoms with Gasteiger partial charge in [-0.25, -0.2) is 8.42 Å². The highest BCUT2D eigenvalue weighted by Gasteiger charge is 2.26. The number of anilines is 1. The number of halogens is 1. The largest absolute Gasteiger partial charge is 0.354 e. The summed E-state index contributed by atoms with van der Waals surface area (Å²) in [5, 5.41) is 2.91. The van der Waals surface area contributed by atoms with Crippen LogP contribution in [0.4, 0.5) is 5.69 Å². The van der Waals surface area contributed by atoms with E-state index >= 15 is 0 Å². The quantitative estimate of drug-likeness (QED) is 0.340. The number of benzene rings is 2. The fourth-order valence-corrected chi connectivity index (χ4v) is 5.24. The molecule has 0 fully saturated rings. The first-order valence-electron chi connectivity index (χ1n) is 12.3. The van der Waals surface area contributed by atoms with Gasteiger partial charge in [-0.05, 0) is 74.6 Å². The molecule has 0 bridgehead atoms. The Morgan fingerprint density at radius 1 is 1.06 bits per heavy atom. The van der Waals surface area contributed by atoms with Crippen molar-refractivity contribution in [2.24, 2.45) is 0 Å². The average molecular weight is 581 g/mol. The highest BCUT2D eigenvalue weighted by molar-refractivity contribution is 9.10. The van der Waals surface area contributed by atoms with Crippen molar-refractivity contribution in [2.75, 3.05) is 23.7 Å². The lowest BCUT2D eigenvalue weighted by molar-refractivity contribution is -0.140. The molecule has 2 rings (SSSR count). The number of rotatable bonds is 13. The van der Waals surface area contributed by atoms with Crippen LogP contribution < -0.4 is 9.62 Å². The third-order valence-electron chi connectivity index (χ3n) is 6.17. The second-order valence-electron chi connectivity index (χ2n) is 9.18. The van der Waals surface area contributed by atoms with E-state index in [2.05, 4.69) is 28.2 Å². The van der Waals surface area contributed by atoms with Crippen LogP contribution >= 0.6 is 15.9 Å². The maximum atomic E-state index is 13.3. The number of carbonyl (C=O) groups is 2. The Balaban J connectivity index is 2.16. The van der Waals surface area contributed by atoms with Gasteiger partial charge < -0.3 is 10.2 Å². The number of amides is 2. The number of hydrogen-bond donors (Lipinski definition) is 1. The summed E-state index contributed by atoms with van der Waals surface area (Å²) in [7, 11) is -3.52. The Kier molecular flexibility index (Phi) is 11.4. The molecule has 198 valence electrons. The number of nitrogens with one attached hydrogen (secondary N) is 1. The molecule has 7 nitrogen and oxygen atoms in total. The third-order valence-corrected chi connectivity index (χ3v) is 7.86.